The second-order valence-corrected chi connectivity index (χ2v) is 9.86. The van der Waals surface area contributed by atoms with Crippen LogP contribution in [0.3, 0.4) is 0 Å². The van der Waals surface area contributed by atoms with Crippen LogP contribution in [0.2, 0.25) is 5.02 Å². The number of nitrogens with zero attached hydrogens (tertiary/aromatic N) is 2. The first-order valence-electron chi connectivity index (χ1n) is 10.2. The summed E-state index contributed by atoms with van der Waals surface area (Å²) in [7, 11) is -3.70. The highest BCUT2D eigenvalue weighted by Gasteiger charge is 2.26. The first-order valence-corrected chi connectivity index (χ1v) is 12.0. The van der Waals surface area contributed by atoms with Gasteiger partial charge in [-0.2, -0.15) is 0 Å². The van der Waals surface area contributed by atoms with Gasteiger partial charge in [-0.1, -0.05) is 29.3 Å². The maximum Gasteiger partial charge on any atom is 0.255 e. The third-order valence-corrected chi connectivity index (χ3v) is 7.27. The van der Waals surface area contributed by atoms with E-state index in [9.17, 15) is 22.4 Å². The van der Waals surface area contributed by atoms with Crippen LogP contribution in [0.15, 0.2) is 41.3 Å². The quantitative estimate of drug-likeness (QED) is 0.687. The number of hydrogen-bond donors (Lipinski definition) is 1. The standard InChI is InChI=1S/C22H25ClFN3O4S/c1-15-3-6-20(16(2)13-15)32(30,31)25-8-7-21(28)26-9-11-27(12-10-26)22(29)18-5-4-17(24)14-19(18)23/h3-6,13-14,25H,7-12H2,1-2H3. The number of hydrogen-bond acceptors (Lipinski definition) is 4. The van der Waals surface area contributed by atoms with E-state index in [0.717, 1.165) is 11.6 Å². The second-order valence-electron chi connectivity index (χ2n) is 7.71. The van der Waals surface area contributed by atoms with Gasteiger partial charge in [0.25, 0.3) is 5.91 Å². The van der Waals surface area contributed by atoms with Crippen molar-refractivity contribution in [3.63, 3.8) is 0 Å². The summed E-state index contributed by atoms with van der Waals surface area (Å²) in [5.41, 5.74) is 1.83. The van der Waals surface area contributed by atoms with Gasteiger partial charge < -0.3 is 9.80 Å². The van der Waals surface area contributed by atoms with E-state index in [2.05, 4.69) is 4.72 Å². The zero-order valence-electron chi connectivity index (χ0n) is 17.9. The first kappa shape index (κ1) is 24.2. The van der Waals surface area contributed by atoms with E-state index in [1.807, 2.05) is 6.92 Å². The third-order valence-electron chi connectivity index (χ3n) is 5.33. The van der Waals surface area contributed by atoms with E-state index in [0.29, 0.717) is 31.7 Å². The monoisotopic (exact) mass is 481 g/mol. The topological polar surface area (TPSA) is 86.8 Å². The number of aryl methyl sites for hydroxylation is 2. The van der Waals surface area contributed by atoms with Gasteiger partial charge >= 0.3 is 0 Å². The fourth-order valence-electron chi connectivity index (χ4n) is 3.62. The van der Waals surface area contributed by atoms with Gasteiger partial charge in [-0.15, -0.1) is 0 Å². The highest BCUT2D eigenvalue weighted by molar-refractivity contribution is 7.89. The summed E-state index contributed by atoms with van der Waals surface area (Å²) in [6, 6.07) is 8.69. The van der Waals surface area contributed by atoms with Gasteiger partial charge in [-0.05, 0) is 43.7 Å². The average Bonchev–Trinajstić information content (AvgIpc) is 2.73. The summed E-state index contributed by atoms with van der Waals surface area (Å²) in [5.74, 6) is -1.03. The van der Waals surface area contributed by atoms with Crippen molar-refractivity contribution >= 4 is 33.4 Å². The minimum atomic E-state index is -3.70. The molecule has 3 rings (SSSR count). The van der Waals surface area contributed by atoms with Crippen LogP contribution >= 0.6 is 11.6 Å². The molecule has 0 saturated carbocycles. The lowest BCUT2D eigenvalue weighted by Gasteiger charge is -2.35. The molecule has 1 aliphatic rings. The van der Waals surface area contributed by atoms with Crippen LogP contribution in [0.4, 0.5) is 4.39 Å². The Morgan fingerprint density at radius 3 is 2.31 bits per heavy atom. The van der Waals surface area contributed by atoms with Crippen LogP contribution in [0.1, 0.15) is 27.9 Å². The molecule has 1 saturated heterocycles. The number of amides is 2. The fourth-order valence-corrected chi connectivity index (χ4v) is 5.13. The molecule has 0 aromatic heterocycles. The predicted octanol–water partition coefficient (Wildman–Crippen LogP) is 2.75. The molecule has 0 radical (unpaired) electrons. The number of rotatable bonds is 6. The molecule has 0 atom stereocenters. The number of benzene rings is 2. The molecule has 0 aliphatic carbocycles. The van der Waals surface area contributed by atoms with E-state index in [4.69, 9.17) is 11.6 Å². The minimum Gasteiger partial charge on any atom is -0.339 e. The summed E-state index contributed by atoms with van der Waals surface area (Å²) >= 11 is 5.97. The van der Waals surface area contributed by atoms with Crippen molar-refractivity contribution in [2.45, 2.75) is 25.2 Å². The van der Waals surface area contributed by atoms with Crippen molar-refractivity contribution in [3.8, 4) is 0 Å². The van der Waals surface area contributed by atoms with Crippen LogP contribution in [0.5, 0.6) is 0 Å². The van der Waals surface area contributed by atoms with Crippen LogP contribution in [-0.2, 0) is 14.8 Å². The van der Waals surface area contributed by atoms with Crippen molar-refractivity contribution in [3.05, 3.63) is 63.9 Å². The smallest absolute Gasteiger partial charge is 0.255 e. The van der Waals surface area contributed by atoms with Crippen molar-refractivity contribution in [2.75, 3.05) is 32.7 Å². The van der Waals surface area contributed by atoms with Gasteiger partial charge in [-0.3, -0.25) is 9.59 Å². The highest BCUT2D eigenvalue weighted by atomic mass is 35.5. The maximum absolute atomic E-state index is 13.2. The van der Waals surface area contributed by atoms with E-state index in [1.165, 1.54) is 12.1 Å². The zero-order valence-corrected chi connectivity index (χ0v) is 19.5. The van der Waals surface area contributed by atoms with Gasteiger partial charge in [0.15, 0.2) is 0 Å². The number of sulfonamides is 1. The zero-order chi connectivity index (χ0) is 23.5. The Kier molecular flexibility index (Phi) is 7.53. The lowest BCUT2D eigenvalue weighted by molar-refractivity contribution is -0.132. The molecule has 0 unspecified atom stereocenters. The molecular formula is C22H25ClFN3O4S. The Morgan fingerprint density at radius 1 is 1.03 bits per heavy atom. The molecule has 0 spiro atoms. The van der Waals surface area contributed by atoms with E-state index in [1.54, 1.807) is 34.9 Å². The minimum absolute atomic E-state index is 0.0151. The molecule has 1 heterocycles. The van der Waals surface area contributed by atoms with Gasteiger partial charge in [0.05, 0.1) is 15.5 Å². The highest BCUT2D eigenvalue weighted by Crippen LogP contribution is 2.20. The molecule has 1 aliphatic heterocycles. The first-order chi connectivity index (χ1) is 15.1. The fraction of sp³-hybridized carbons (Fsp3) is 0.364. The van der Waals surface area contributed by atoms with Crippen molar-refractivity contribution < 1.29 is 22.4 Å². The third kappa shape index (κ3) is 5.65. The SMILES string of the molecule is Cc1ccc(S(=O)(=O)NCCC(=O)N2CCN(C(=O)c3ccc(F)cc3Cl)CC2)c(C)c1. The summed E-state index contributed by atoms with van der Waals surface area (Å²) in [4.78, 5) is 28.5. The summed E-state index contributed by atoms with van der Waals surface area (Å²) < 4.78 is 40.7. The molecule has 7 nitrogen and oxygen atoms in total. The Hall–Kier alpha value is -2.49. The number of carbonyl (C=O) groups is 2. The summed E-state index contributed by atoms with van der Waals surface area (Å²) in [5, 5.41) is 0.0459. The molecular weight excluding hydrogens is 457 g/mol. The number of halogens is 2. The summed E-state index contributed by atoms with van der Waals surface area (Å²) in [6.45, 7) is 4.88. The molecule has 1 N–H and O–H groups in total. The van der Waals surface area contributed by atoms with Crippen LogP contribution in [-0.4, -0.2) is 62.8 Å². The van der Waals surface area contributed by atoms with E-state index in [-0.39, 0.29) is 40.3 Å². The molecule has 10 heteroatoms. The molecule has 2 aromatic rings. The number of piperazine rings is 1. The molecule has 2 aromatic carbocycles. The number of nitrogens with one attached hydrogen (secondary N) is 1. The van der Waals surface area contributed by atoms with Crippen LogP contribution in [0.25, 0.3) is 0 Å². The van der Waals surface area contributed by atoms with Gasteiger partial charge in [0, 0.05) is 39.1 Å². The van der Waals surface area contributed by atoms with Crippen molar-refractivity contribution in [1.82, 2.24) is 14.5 Å². The molecule has 2 amide bonds. The summed E-state index contributed by atoms with van der Waals surface area (Å²) in [6.07, 6.45) is 0.0157. The Balaban J connectivity index is 1.50. The lowest BCUT2D eigenvalue weighted by atomic mass is 10.1. The Labute approximate surface area is 192 Å². The van der Waals surface area contributed by atoms with Crippen LogP contribution < -0.4 is 4.72 Å². The Bertz CT molecular complexity index is 1130. The van der Waals surface area contributed by atoms with Gasteiger partial charge in [0.2, 0.25) is 15.9 Å². The average molecular weight is 482 g/mol. The maximum atomic E-state index is 13.2. The van der Waals surface area contributed by atoms with Crippen molar-refractivity contribution in [1.29, 1.82) is 0 Å². The molecule has 0 bridgehead atoms. The lowest BCUT2D eigenvalue weighted by Crippen LogP contribution is -2.51. The normalized spacial score (nSPS) is 14.5. The van der Waals surface area contributed by atoms with E-state index >= 15 is 0 Å². The van der Waals surface area contributed by atoms with E-state index < -0.39 is 15.8 Å². The van der Waals surface area contributed by atoms with Gasteiger partial charge in [-0.25, -0.2) is 17.5 Å². The Morgan fingerprint density at radius 2 is 1.69 bits per heavy atom. The second kappa shape index (κ2) is 9.97. The largest absolute Gasteiger partial charge is 0.339 e. The molecule has 1 fully saturated rings. The molecule has 172 valence electrons. The van der Waals surface area contributed by atoms with Gasteiger partial charge in [0.1, 0.15) is 5.82 Å². The van der Waals surface area contributed by atoms with Crippen molar-refractivity contribution in [2.24, 2.45) is 0 Å². The molecule has 32 heavy (non-hydrogen) atoms. The number of carbonyl (C=O) groups excluding carboxylic acids is 2. The van der Waals surface area contributed by atoms with Crippen LogP contribution in [0, 0.1) is 19.7 Å². The predicted molar refractivity (Wildman–Crippen MR) is 120 cm³/mol.